The Hall–Kier alpha value is -1.38. The highest BCUT2D eigenvalue weighted by Gasteiger charge is 2.18. The molecule has 0 radical (unpaired) electrons. The lowest BCUT2D eigenvalue weighted by atomic mass is 10.0. The van der Waals surface area contributed by atoms with E-state index in [1.54, 1.807) is 13.0 Å². The van der Waals surface area contributed by atoms with Crippen molar-refractivity contribution in [1.29, 1.82) is 0 Å². The second-order valence-electron chi connectivity index (χ2n) is 5.21. The van der Waals surface area contributed by atoms with Crippen molar-refractivity contribution in [3.63, 3.8) is 0 Å². The number of carbonyl (C=O) groups is 1. The van der Waals surface area contributed by atoms with Gasteiger partial charge in [0.1, 0.15) is 5.82 Å². The van der Waals surface area contributed by atoms with Crippen LogP contribution in [0.2, 0.25) is 0 Å². The second kappa shape index (κ2) is 5.98. The van der Waals surface area contributed by atoms with Crippen molar-refractivity contribution in [2.75, 3.05) is 0 Å². The lowest BCUT2D eigenvalue weighted by Crippen LogP contribution is -2.24. The van der Waals surface area contributed by atoms with Crippen molar-refractivity contribution in [2.45, 2.75) is 45.6 Å². The number of rotatable bonds is 4. The summed E-state index contributed by atoms with van der Waals surface area (Å²) >= 11 is 0. The molecule has 1 fully saturated rings. The molecule has 0 bridgehead atoms. The summed E-state index contributed by atoms with van der Waals surface area (Å²) in [5, 5.41) is 2.87. The number of halogens is 1. The van der Waals surface area contributed by atoms with Gasteiger partial charge in [0.15, 0.2) is 0 Å². The number of hydrogen-bond acceptors (Lipinski definition) is 1. The Kier molecular flexibility index (Phi) is 4.34. The van der Waals surface area contributed by atoms with Crippen molar-refractivity contribution >= 4 is 5.91 Å². The zero-order chi connectivity index (χ0) is 13.0. The van der Waals surface area contributed by atoms with Crippen LogP contribution in [0.15, 0.2) is 18.2 Å². The third-order valence-corrected chi connectivity index (χ3v) is 3.67. The molecule has 1 aromatic rings. The van der Waals surface area contributed by atoms with E-state index < -0.39 is 0 Å². The van der Waals surface area contributed by atoms with Gasteiger partial charge >= 0.3 is 0 Å². The molecule has 2 rings (SSSR count). The highest BCUT2D eigenvalue weighted by atomic mass is 19.1. The van der Waals surface area contributed by atoms with Crippen LogP contribution in [0.5, 0.6) is 0 Å². The molecule has 98 valence electrons. The summed E-state index contributed by atoms with van der Waals surface area (Å²) in [6.45, 7) is 2.15. The van der Waals surface area contributed by atoms with E-state index in [1.165, 1.54) is 31.7 Å². The molecule has 2 nitrogen and oxygen atoms in total. The fourth-order valence-corrected chi connectivity index (χ4v) is 2.50. The van der Waals surface area contributed by atoms with Crippen molar-refractivity contribution < 1.29 is 9.18 Å². The summed E-state index contributed by atoms with van der Waals surface area (Å²) in [7, 11) is 0. The first-order valence-electron chi connectivity index (χ1n) is 6.67. The van der Waals surface area contributed by atoms with Gasteiger partial charge in [0.2, 0.25) is 5.91 Å². The van der Waals surface area contributed by atoms with Crippen LogP contribution in [0, 0.1) is 18.7 Å². The first-order valence-corrected chi connectivity index (χ1v) is 6.67. The van der Waals surface area contributed by atoms with Gasteiger partial charge in [0.25, 0.3) is 0 Å². The molecular weight excluding hydrogens is 229 g/mol. The maximum absolute atomic E-state index is 13.3. The van der Waals surface area contributed by atoms with Gasteiger partial charge < -0.3 is 5.32 Å². The number of benzene rings is 1. The normalized spacial score (nSPS) is 15.9. The van der Waals surface area contributed by atoms with E-state index in [9.17, 15) is 9.18 Å². The average Bonchev–Trinajstić information content (AvgIpc) is 2.83. The molecule has 0 heterocycles. The van der Waals surface area contributed by atoms with Crippen LogP contribution in [-0.2, 0) is 11.3 Å². The molecule has 0 unspecified atom stereocenters. The molecule has 0 saturated heterocycles. The Morgan fingerprint density at radius 3 is 2.78 bits per heavy atom. The van der Waals surface area contributed by atoms with Gasteiger partial charge in [-0.2, -0.15) is 0 Å². The first-order chi connectivity index (χ1) is 8.65. The van der Waals surface area contributed by atoms with Gasteiger partial charge in [-0.05, 0) is 42.9 Å². The largest absolute Gasteiger partial charge is 0.352 e. The number of carbonyl (C=O) groups excluding carboxylic acids is 1. The minimum absolute atomic E-state index is 0.0860. The smallest absolute Gasteiger partial charge is 0.220 e. The monoisotopic (exact) mass is 249 g/mol. The summed E-state index contributed by atoms with van der Waals surface area (Å²) in [5.41, 5.74) is 1.45. The molecule has 1 aromatic carbocycles. The number of hydrogen-bond donors (Lipinski definition) is 1. The van der Waals surface area contributed by atoms with E-state index >= 15 is 0 Å². The van der Waals surface area contributed by atoms with E-state index in [2.05, 4.69) is 5.32 Å². The van der Waals surface area contributed by atoms with E-state index in [1.807, 2.05) is 6.07 Å². The van der Waals surface area contributed by atoms with Crippen LogP contribution in [0.3, 0.4) is 0 Å². The molecule has 1 saturated carbocycles. The van der Waals surface area contributed by atoms with Crippen molar-refractivity contribution in [3.8, 4) is 0 Å². The molecule has 1 N–H and O–H groups in total. The highest BCUT2D eigenvalue weighted by Crippen LogP contribution is 2.27. The van der Waals surface area contributed by atoms with Gasteiger partial charge in [0.05, 0.1) is 0 Å². The summed E-state index contributed by atoms with van der Waals surface area (Å²) < 4.78 is 13.3. The molecule has 0 spiro atoms. The quantitative estimate of drug-likeness (QED) is 0.871. The molecule has 0 aliphatic heterocycles. The fraction of sp³-hybridized carbons (Fsp3) is 0.533. The minimum Gasteiger partial charge on any atom is -0.352 e. The predicted octanol–water partition coefficient (Wildman–Crippen LogP) is 3.33. The standard InChI is InChI=1S/C15H20FNO/c1-11-6-7-13(8-14(11)16)10-17-15(18)9-12-4-2-3-5-12/h6-8,12H,2-5,9-10H2,1H3,(H,17,18). The lowest BCUT2D eigenvalue weighted by molar-refractivity contribution is -0.122. The van der Waals surface area contributed by atoms with Gasteiger partial charge in [-0.1, -0.05) is 25.0 Å². The van der Waals surface area contributed by atoms with Gasteiger partial charge in [-0.25, -0.2) is 4.39 Å². The summed E-state index contributed by atoms with van der Waals surface area (Å²) in [4.78, 5) is 11.7. The zero-order valence-corrected chi connectivity index (χ0v) is 10.8. The Morgan fingerprint density at radius 2 is 2.11 bits per heavy atom. The molecule has 1 aliphatic carbocycles. The Balaban J connectivity index is 1.79. The molecule has 1 aliphatic rings. The van der Waals surface area contributed by atoms with Crippen LogP contribution in [0.25, 0.3) is 0 Å². The van der Waals surface area contributed by atoms with Crippen molar-refractivity contribution in [2.24, 2.45) is 5.92 Å². The molecule has 18 heavy (non-hydrogen) atoms. The van der Waals surface area contributed by atoms with Gasteiger partial charge in [0, 0.05) is 13.0 Å². The average molecular weight is 249 g/mol. The fourth-order valence-electron chi connectivity index (χ4n) is 2.50. The molecular formula is C15H20FNO. The molecule has 0 atom stereocenters. The van der Waals surface area contributed by atoms with Crippen LogP contribution in [0.4, 0.5) is 4.39 Å². The maximum Gasteiger partial charge on any atom is 0.220 e. The molecule has 1 amide bonds. The number of aryl methyl sites for hydroxylation is 1. The predicted molar refractivity (Wildman–Crippen MR) is 69.6 cm³/mol. The number of nitrogens with one attached hydrogen (secondary N) is 1. The van der Waals surface area contributed by atoms with Crippen LogP contribution >= 0.6 is 0 Å². The highest BCUT2D eigenvalue weighted by molar-refractivity contribution is 5.76. The zero-order valence-electron chi connectivity index (χ0n) is 10.8. The lowest BCUT2D eigenvalue weighted by Gasteiger charge is -2.10. The summed E-state index contributed by atoms with van der Waals surface area (Å²) in [6, 6.07) is 5.09. The second-order valence-corrected chi connectivity index (χ2v) is 5.21. The van der Waals surface area contributed by atoms with Crippen molar-refractivity contribution in [1.82, 2.24) is 5.32 Å². The summed E-state index contributed by atoms with van der Waals surface area (Å²) in [6.07, 6.45) is 5.47. The Bertz CT molecular complexity index is 425. The van der Waals surface area contributed by atoms with Crippen LogP contribution in [-0.4, -0.2) is 5.91 Å². The van der Waals surface area contributed by atoms with Gasteiger partial charge in [-0.3, -0.25) is 4.79 Å². The third-order valence-electron chi connectivity index (χ3n) is 3.67. The SMILES string of the molecule is Cc1ccc(CNC(=O)CC2CCCC2)cc1F. The number of amides is 1. The summed E-state index contributed by atoms with van der Waals surface area (Å²) in [5.74, 6) is 0.431. The topological polar surface area (TPSA) is 29.1 Å². The maximum atomic E-state index is 13.3. The van der Waals surface area contributed by atoms with Crippen LogP contribution < -0.4 is 5.32 Å². The van der Waals surface area contributed by atoms with E-state index in [0.717, 1.165) is 5.56 Å². The van der Waals surface area contributed by atoms with Crippen LogP contribution in [0.1, 0.15) is 43.2 Å². The van der Waals surface area contributed by atoms with E-state index in [4.69, 9.17) is 0 Å². The van der Waals surface area contributed by atoms with Crippen molar-refractivity contribution in [3.05, 3.63) is 35.1 Å². The molecule has 3 heteroatoms. The Morgan fingerprint density at radius 1 is 1.39 bits per heavy atom. The Labute approximate surface area is 108 Å². The third kappa shape index (κ3) is 3.56. The first kappa shape index (κ1) is 13.1. The van der Waals surface area contributed by atoms with E-state index in [0.29, 0.717) is 24.4 Å². The minimum atomic E-state index is -0.211. The van der Waals surface area contributed by atoms with E-state index in [-0.39, 0.29) is 11.7 Å². The van der Waals surface area contributed by atoms with Gasteiger partial charge in [-0.15, -0.1) is 0 Å². The molecule has 0 aromatic heterocycles.